The van der Waals surface area contributed by atoms with Crippen LogP contribution in [0.2, 0.25) is 0 Å². The molecule has 0 bridgehead atoms. The molecule has 1 N–H and O–H groups in total. The minimum absolute atomic E-state index is 0.401. The lowest BCUT2D eigenvalue weighted by atomic mass is 10.0. The molecule has 0 atom stereocenters. The van der Waals surface area contributed by atoms with Crippen molar-refractivity contribution in [3.63, 3.8) is 0 Å². The van der Waals surface area contributed by atoms with Crippen molar-refractivity contribution in [2.24, 2.45) is 0 Å². The number of ether oxygens (including phenoxy) is 1. The number of benzene rings is 1. The molecule has 0 saturated heterocycles. The summed E-state index contributed by atoms with van der Waals surface area (Å²) in [5.74, 6) is 0.750. The van der Waals surface area contributed by atoms with Crippen LogP contribution in [0.1, 0.15) is 23.6 Å². The van der Waals surface area contributed by atoms with Crippen LogP contribution in [0, 0.1) is 20.8 Å². The summed E-state index contributed by atoms with van der Waals surface area (Å²) in [6.07, 6.45) is 0. The van der Waals surface area contributed by atoms with Crippen molar-refractivity contribution in [2.75, 3.05) is 6.61 Å². The monoisotopic (exact) mass is 231 g/mol. The summed E-state index contributed by atoms with van der Waals surface area (Å²) in [5.41, 5.74) is 4.88. The van der Waals surface area contributed by atoms with Gasteiger partial charge >= 0.3 is 6.01 Å². The van der Waals surface area contributed by atoms with E-state index in [1.165, 1.54) is 16.7 Å². The molecule has 17 heavy (non-hydrogen) atoms. The van der Waals surface area contributed by atoms with E-state index in [0.717, 1.165) is 11.4 Å². The fraction of sp³-hybridized carbons (Fsp3) is 0.385. The molecule has 1 aromatic heterocycles. The number of rotatable bonds is 3. The molecule has 0 aliphatic rings. The van der Waals surface area contributed by atoms with Crippen molar-refractivity contribution in [3.05, 3.63) is 28.8 Å². The molecule has 0 radical (unpaired) electrons. The van der Waals surface area contributed by atoms with Gasteiger partial charge in [-0.05, 0) is 56.5 Å². The molecule has 0 fully saturated rings. The second kappa shape index (κ2) is 4.57. The Balaban J connectivity index is 2.39. The normalized spacial score (nSPS) is 10.6. The molecule has 0 amide bonds. The van der Waals surface area contributed by atoms with Crippen molar-refractivity contribution in [1.29, 1.82) is 0 Å². The van der Waals surface area contributed by atoms with Gasteiger partial charge in [0, 0.05) is 5.56 Å². The van der Waals surface area contributed by atoms with Gasteiger partial charge in [0.15, 0.2) is 5.82 Å². The van der Waals surface area contributed by atoms with Gasteiger partial charge in [-0.1, -0.05) is 0 Å². The highest BCUT2D eigenvalue weighted by Crippen LogP contribution is 2.23. The largest absolute Gasteiger partial charge is 0.463 e. The first-order valence-corrected chi connectivity index (χ1v) is 5.75. The summed E-state index contributed by atoms with van der Waals surface area (Å²) in [4.78, 5) is 4.29. The second-order valence-electron chi connectivity index (χ2n) is 4.13. The Morgan fingerprint density at radius 2 is 1.82 bits per heavy atom. The highest BCUT2D eigenvalue weighted by molar-refractivity contribution is 5.59. The zero-order chi connectivity index (χ0) is 12.4. The lowest BCUT2D eigenvalue weighted by Crippen LogP contribution is -1.93. The number of nitrogens with zero attached hydrogens (tertiary/aromatic N) is 2. The summed E-state index contributed by atoms with van der Waals surface area (Å²) in [6, 6.07) is 4.62. The topological polar surface area (TPSA) is 50.8 Å². The zero-order valence-electron chi connectivity index (χ0n) is 10.7. The average Bonchev–Trinajstić information content (AvgIpc) is 2.74. The lowest BCUT2D eigenvalue weighted by molar-refractivity contribution is 0.314. The van der Waals surface area contributed by atoms with Crippen molar-refractivity contribution in [1.82, 2.24) is 15.2 Å². The van der Waals surface area contributed by atoms with Crippen LogP contribution in [0.4, 0.5) is 0 Å². The molecule has 0 aliphatic heterocycles. The summed E-state index contributed by atoms with van der Waals surface area (Å²) in [6.45, 7) is 8.82. The first-order valence-electron chi connectivity index (χ1n) is 5.75. The standard InChI is InChI=1S/C13H17N3O/c1-5-17-13-14-12(15-16-13)11-6-8(2)10(4)9(3)7-11/h6-7H,5H2,1-4H3,(H,14,15,16). The third-order valence-corrected chi connectivity index (χ3v) is 2.94. The lowest BCUT2D eigenvalue weighted by Gasteiger charge is -2.06. The van der Waals surface area contributed by atoms with E-state index in [1.54, 1.807) is 0 Å². The Bertz CT molecular complexity index is 508. The smallest absolute Gasteiger partial charge is 0.335 e. The van der Waals surface area contributed by atoms with Gasteiger partial charge in [0.1, 0.15) is 0 Å². The van der Waals surface area contributed by atoms with Crippen LogP contribution >= 0.6 is 0 Å². The molecular weight excluding hydrogens is 214 g/mol. The zero-order valence-corrected chi connectivity index (χ0v) is 10.7. The highest BCUT2D eigenvalue weighted by Gasteiger charge is 2.08. The molecule has 0 aliphatic carbocycles. The van der Waals surface area contributed by atoms with Gasteiger partial charge in [0.2, 0.25) is 0 Å². The van der Waals surface area contributed by atoms with Gasteiger partial charge in [-0.25, -0.2) is 0 Å². The maximum Gasteiger partial charge on any atom is 0.335 e. The van der Waals surface area contributed by atoms with Crippen molar-refractivity contribution < 1.29 is 4.74 Å². The quantitative estimate of drug-likeness (QED) is 0.883. The maximum absolute atomic E-state index is 5.24. The van der Waals surface area contributed by atoms with Crippen molar-refractivity contribution in [3.8, 4) is 17.4 Å². The molecular formula is C13H17N3O. The molecule has 0 spiro atoms. The fourth-order valence-corrected chi connectivity index (χ4v) is 1.74. The van der Waals surface area contributed by atoms with E-state index in [9.17, 15) is 0 Å². The Hall–Kier alpha value is -1.84. The predicted molar refractivity (Wildman–Crippen MR) is 67.2 cm³/mol. The van der Waals surface area contributed by atoms with E-state index in [-0.39, 0.29) is 0 Å². The summed E-state index contributed by atoms with van der Waals surface area (Å²) >= 11 is 0. The van der Waals surface area contributed by atoms with Crippen LogP contribution in [-0.4, -0.2) is 21.8 Å². The number of aromatic amines is 1. The number of hydrogen-bond donors (Lipinski definition) is 1. The van der Waals surface area contributed by atoms with Gasteiger partial charge in [-0.15, -0.1) is 5.10 Å². The molecule has 2 aromatic rings. The van der Waals surface area contributed by atoms with E-state index < -0.39 is 0 Å². The van der Waals surface area contributed by atoms with E-state index in [4.69, 9.17) is 4.74 Å². The second-order valence-corrected chi connectivity index (χ2v) is 4.13. The van der Waals surface area contributed by atoms with Crippen LogP contribution in [0.3, 0.4) is 0 Å². The molecule has 4 nitrogen and oxygen atoms in total. The first-order chi connectivity index (χ1) is 8.11. The highest BCUT2D eigenvalue weighted by atomic mass is 16.5. The van der Waals surface area contributed by atoms with Gasteiger partial charge < -0.3 is 4.74 Å². The summed E-state index contributed by atoms with van der Waals surface area (Å²) in [7, 11) is 0. The van der Waals surface area contributed by atoms with E-state index >= 15 is 0 Å². The number of H-pyrrole nitrogens is 1. The maximum atomic E-state index is 5.24. The molecule has 0 saturated carbocycles. The Labute approximate surface area is 101 Å². The number of aryl methyl sites for hydroxylation is 2. The van der Waals surface area contributed by atoms with Crippen LogP contribution in [0.25, 0.3) is 11.4 Å². The van der Waals surface area contributed by atoms with E-state index in [1.807, 2.05) is 6.92 Å². The first kappa shape index (κ1) is 11.6. The van der Waals surface area contributed by atoms with Crippen LogP contribution in [0.5, 0.6) is 6.01 Å². The molecule has 0 unspecified atom stereocenters. The summed E-state index contributed by atoms with van der Waals surface area (Å²) < 4.78 is 5.24. The molecule has 2 rings (SSSR count). The number of aromatic nitrogens is 3. The molecule has 90 valence electrons. The Morgan fingerprint density at radius 1 is 1.18 bits per heavy atom. The van der Waals surface area contributed by atoms with Gasteiger partial charge in [-0.2, -0.15) is 4.98 Å². The van der Waals surface area contributed by atoms with E-state index in [0.29, 0.717) is 12.6 Å². The average molecular weight is 231 g/mol. The van der Waals surface area contributed by atoms with Gasteiger partial charge in [0.25, 0.3) is 0 Å². The van der Waals surface area contributed by atoms with Crippen molar-refractivity contribution in [2.45, 2.75) is 27.7 Å². The predicted octanol–water partition coefficient (Wildman–Crippen LogP) is 2.80. The Morgan fingerprint density at radius 3 is 2.41 bits per heavy atom. The third-order valence-electron chi connectivity index (χ3n) is 2.94. The minimum atomic E-state index is 0.401. The Kier molecular flexibility index (Phi) is 3.13. The van der Waals surface area contributed by atoms with Crippen LogP contribution < -0.4 is 4.74 Å². The molecule has 1 heterocycles. The van der Waals surface area contributed by atoms with Gasteiger partial charge in [0.05, 0.1) is 6.61 Å². The van der Waals surface area contributed by atoms with Gasteiger partial charge in [-0.3, -0.25) is 5.10 Å². The molecule has 4 heteroatoms. The van der Waals surface area contributed by atoms with Crippen molar-refractivity contribution >= 4 is 0 Å². The summed E-state index contributed by atoms with van der Waals surface area (Å²) in [5, 5.41) is 6.90. The van der Waals surface area contributed by atoms with Crippen LogP contribution in [0.15, 0.2) is 12.1 Å². The fourth-order valence-electron chi connectivity index (χ4n) is 1.74. The van der Waals surface area contributed by atoms with E-state index in [2.05, 4.69) is 48.1 Å². The molecule has 1 aromatic carbocycles. The number of nitrogens with one attached hydrogen (secondary N) is 1. The third kappa shape index (κ3) is 2.30. The minimum Gasteiger partial charge on any atom is -0.463 e. The van der Waals surface area contributed by atoms with Crippen LogP contribution in [-0.2, 0) is 0 Å². The number of hydrogen-bond acceptors (Lipinski definition) is 3. The SMILES string of the molecule is CCOc1n[nH]c(-c2cc(C)c(C)c(C)c2)n1.